The molecule has 0 atom stereocenters. The SMILES string of the molecule is CC(=O)CCNC(=O)Nc1cccc2c(O)cccc12. The second-order valence-electron chi connectivity index (χ2n) is 4.51. The van der Waals surface area contributed by atoms with E-state index in [0.29, 0.717) is 24.0 Å². The lowest BCUT2D eigenvalue weighted by Gasteiger charge is -2.10. The Morgan fingerprint density at radius 3 is 2.55 bits per heavy atom. The summed E-state index contributed by atoms with van der Waals surface area (Å²) in [5, 5.41) is 16.5. The number of nitrogens with one attached hydrogen (secondary N) is 2. The van der Waals surface area contributed by atoms with Crippen LogP contribution in [0.15, 0.2) is 36.4 Å². The quantitative estimate of drug-likeness (QED) is 0.800. The zero-order valence-corrected chi connectivity index (χ0v) is 11.1. The number of Topliss-reactive ketones (excluding diaryl/α,β-unsaturated/α-hetero) is 1. The number of benzene rings is 2. The lowest BCUT2D eigenvalue weighted by atomic mass is 10.1. The number of rotatable bonds is 4. The van der Waals surface area contributed by atoms with Gasteiger partial charge in [-0.15, -0.1) is 0 Å². The van der Waals surface area contributed by atoms with Crippen LogP contribution >= 0.6 is 0 Å². The molecule has 20 heavy (non-hydrogen) atoms. The van der Waals surface area contributed by atoms with Crippen molar-refractivity contribution in [2.75, 3.05) is 11.9 Å². The number of carbonyl (C=O) groups is 2. The molecule has 2 aromatic rings. The third kappa shape index (κ3) is 3.26. The smallest absolute Gasteiger partial charge is 0.319 e. The number of phenols is 1. The first-order valence-corrected chi connectivity index (χ1v) is 6.33. The Morgan fingerprint density at radius 1 is 1.10 bits per heavy atom. The van der Waals surface area contributed by atoms with Crippen LogP contribution in [0.4, 0.5) is 10.5 Å². The molecule has 0 spiro atoms. The number of amides is 2. The molecule has 0 bridgehead atoms. The fourth-order valence-electron chi connectivity index (χ4n) is 1.92. The predicted octanol–water partition coefficient (Wildman–Crippen LogP) is 2.65. The molecule has 0 aliphatic rings. The van der Waals surface area contributed by atoms with Crippen molar-refractivity contribution >= 4 is 28.3 Å². The van der Waals surface area contributed by atoms with Gasteiger partial charge < -0.3 is 15.7 Å². The molecule has 104 valence electrons. The van der Waals surface area contributed by atoms with Gasteiger partial charge in [-0.25, -0.2) is 4.79 Å². The maximum absolute atomic E-state index is 11.7. The van der Waals surface area contributed by atoms with Crippen molar-refractivity contribution in [3.63, 3.8) is 0 Å². The highest BCUT2D eigenvalue weighted by molar-refractivity contribution is 6.03. The molecule has 0 saturated carbocycles. The van der Waals surface area contributed by atoms with Gasteiger partial charge >= 0.3 is 6.03 Å². The van der Waals surface area contributed by atoms with Crippen molar-refractivity contribution in [1.29, 1.82) is 0 Å². The Balaban J connectivity index is 2.12. The van der Waals surface area contributed by atoms with Crippen LogP contribution in [0, 0.1) is 0 Å². The molecule has 0 aromatic heterocycles. The fraction of sp³-hybridized carbons (Fsp3) is 0.200. The minimum atomic E-state index is -0.373. The average Bonchev–Trinajstić information content (AvgIpc) is 2.39. The van der Waals surface area contributed by atoms with Crippen LogP contribution in [0.5, 0.6) is 5.75 Å². The first kappa shape index (κ1) is 13.9. The highest BCUT2D eigenvalue weighted by Crippen LogP contribution is 2.29. The zero-order chi connectivity index (χ0) is 14.5. The van der Waals surface area contributed by atoms with E-state index in [1.807, 2.05) is 6.07 Å². The molecule has 0 unspecified atom stereocenters. The van der Waals surface area contributed by atoms with Crippen LogP contribution in [0.25, 0.3) is 10.8 Å². The van der Waals surface area contributed by atoms with E-state index in [-0.39, 0.29) is 17.6 Å². The Morgan fingerprint density at radius 2 is 1.80 bits per heavy atom. The predicted molar refractivity (Wildman–Crippen MR) is 77.9 cm³/mol. The zero-order valence-electron chi connectivity index (χ0n) is 11.1. The number of urea groups is 1. The van der Waals surface area contributed by atoms with Gasteiger partial charge in [-0.05, 0) is 19.1 Å². The highest BCUT2D eigenvalue weighted by Gasteiger charge is 2.07. The van der Waals surface area contributed by atoms with E-state index in [0.717, 1.165) is 5.39 Å². The largest absolute Gasteiger partial charge is 0.507 e. The number of carbonyl (C=O) groups excluding carboxylic acids is 2. The standard InChI is InChI=1S/C15H16N2O3/c1-10(18)8-9-16-15(20)17-13-6-2-5-12-11(13)4-3-7-14(12)19/h2-7,19H,8-9H2,1H3,(H2,16,17,20). The van der Waals surface area contributed by atoms with Crippen molar-refractivity contribution in [1.82, 2.24) is 5.32 Å². The molecule has 0 aliphatic heterocycles. The van der Waals surface area contributed by atoms with Crippen LogP contribution in [0.2, 0.25) is 0 Å². The third-order valence-corrected chi connectivity index (χ3v) is 2.91. The van der Waals surface area contributed by atoms with Crippen molar-refractivity contribution in [3.8, 4) is 5.75 Å². The first-order chi connectivity index (χ1) is 9.58. The Labute approximate surface area is 116 Å². The van der Waals surface area contributed by atoms with Crippen molar-refractivity contribution in [3.05, 3.63) is 36.4 Å². The summed E-state index contributed by atoms with van der Waals surface area (Å²) < 4.78 is 0. The summed E-state index contributed by atoms with van der Waals surface area (Å²) in [7, 11) is 0. The van der Waals surface area contributed by atoms with Gasteiger partial charge in [0.2, 0.25) is 0 Å². The summed E-state index contributed by atoms with van der Waals surface area (Å²) >= 11 is 0. The van der Waals surface area contributed by atoms with Crippen LogP contribution in [0.1, 0.15) is 13.3 Å². The van der Waals surface area contributed by atoms with Gasteiger partial charge in [0.1, 0.15) is 11.5 Å². The summed E-state index contributed by atoms with van der Waals surface area (Å²) in [6.45, 7) is 1.78. The van der Waals surface area contributed by atoms with Gasteiger partial charge in [0.05, 0.1) is 5.69 Å². The average molecular weight is 272 g/mol. The van der Waals surface area contributed by atoms with Crippen LogP contribution in [-0.2, 0) is 4.79 Å². The summed E-state index contributed by atoms with van der Waals surface area (Å²) in [5.41, 5.74) is 0.610. The molecular weight excluding hydrogens is 256 g/mol. The maximum atomic E-state index is 11.7. The molecule has 2 amide bonds. The Kier molecular flexibility index (Phi) is 4.20. The van der Waals surface area contributed by atoms with Crippen molar-refractivity contribution in [2.45, 2.75) is 13.3 Å². The van der Waals surface area contributed by atoms with E-state index in [9.17, 15) is 14.7 Å². The molecule has 2 rings (SSSR count). The molecule has 0 saturated heterocycles. The van der Waals surface area contributed by atoms with E-state index in [4.69, 9.17) is 0 Å². The van der Waals surface area contributed by atoms with Gasteiger partial charge in [-0.2, -0.15) is 0 Å². The molecular formula is C15H16N2O3. The molecule has 0 radical (unpaired) electrons. The molecule has 2 aromatic carbocycles. The van der Waals surface area contributed by atoms with E-state index >= 15 is 0 Å². The number of hydrogen-bond acceptors (Lipinski definition) is 3. The van der Waals surface area contributed by atoms with Crippen LogP contribution in [0.3, 0.4) is 0 Å². The minimum Gasteiger partial charge on any atom is -0.507 e. The summed E-state index contributed by atoms with van der Waals surface area (Å²) in [6.07, 6.45) is 0.309. The number of fused-ring (bicyclic) bond motifs is 1. The lowest BCUT2D eigenvalue weighted by Crippen LogP contribution is -2.30. The number of phenolic OH excluding ortho intramolecular Hbond substituents is 1. The summed E-state index contributed by atoms with van der Waals surface area (Å²) in [6, 6.07) is 10.1. The van der Waals surface area contributed by atoms with Gasteiger partial charge in [-0.3, -0.25) is 4.79 Å². The molecule has 0 aliphatic carbocycles. The topological polar surface area (TPSA) is 78.4 Å². The fourth-order valence-corrected chi connectivity index (χ4v) is 1.92. The van der Waals surface area contributed by atoms with E-state index in [2.05, 4.69) is 10.6 Å². The Bertz CT molecular complexity index is 653. The molecule has 3 N–H and O–H groups in total. The number of aromatic hydroxyl groups is 1. The van der Waals surface area contributed by atoms with Crippen molar-refractivity contribution < 1.29 is 14.7 Å². The van der Waals surface area contributed by atoms with Crippen molar-refractivity contribution in [2.24, 2.45) is 0 Å². The monoisotopic (exact) mass is 272 g/mol. The summed E-state index contributed by atoms with van der Waals surface area (Å²) in [5.74, 6) is 0.198. The molecule has 0 fully saturated rings. The second-order valence-corrected chi connectivity index (χ2v) is 4.51. The summed E-state index contributed by atoms with van der Waals surface area (Å²) in [4.78, 5) is 22.5. The van der Waals surface area contributed by atoms with E-state index in [1.165, 1.54) is 6.92 Å². The number of anilines is 1. The highest BCUT2D eigenvalue weighted by atomic mass is 16.3. The third-order valence-electron chi connectivity index (χ3n) is 2.91. The van der Waals surface area contributed by atoms with Crippen LogP contribution in [-0.4, -0.2) is 23.5 Å². The second kappa shape index (κ2) is 6.06. The normalized spacial score (nSPS) is 10.2. The van der Waals surface area contributed by atoms with Crippen LogP contribution < -0.4 is 10.6 Å². The molecule has 5 heteroatoms. The van der Waals surface area contributed by atoms with Gasteiger partial charge in [0.25, 0.3) is 0 Å². The van der Waals surface area contributed by atoms with Gasteiger partial charge in [0.15, 0.2) is 0 Å². The lowest BCUT2D eigenvalue weighted by molar-refractivity contribution is -0.116. The first-order valence-electron chi connectivity index (χ1n) is 6.33. The maximum Gasteiger partial charge on any atom is 0.319 e. The Hall–Kier alpha value is -2.56. The molecule has 5 nitrogen and oxygen atoms in total. The van der Waals surface area contributed by atoms with E-state index in [1.54, 1.807) is 30.3 Å². The molecule has 0 heterocycles. The van der Waals surface area contributed by atoms with E-state index < -0.39 is 0 Å². The van der Waals surface area contributed by atoms with Gasteiger partial charge in [-0.1, -0.05) is 24.3 Å². The van der Waals surface area contributed by atoms with Gasteiger partial charge in [0, 0.05) is 23.7 Å². The number of hydrogen-bond donors (Lipinski definition) is 3. The minimum absolute atomic E-state index is 0.0281. The number of ketones is 1.